The van der Waals surface area contributed by atoms with Gasteiger partial charge < -0.3 is 5.32 Å². The number of aryl methyl sites for hydroxylation is 2. The van der Waals surface area contributed by atoms with Gasteiger partial charge in [0.15, 0.2) is 0 Å². The van der Waals surface area contributed by atoms with Crippen LogP contribution in [0.5, 0.6) is 0 Å². The molecule has 0 aliphatic heterocycles. The van der Waals surface area contributed by atoms with Gasteiger partial charge in [-0.15, -0.1) is 16.7 Å². The van der Waals surface area contributed by atoms with Crippen LogP contribution in [0.15, 0.2) is 0 Å². The maximum atomic E-state index is 6.25. The van der Waals surface area contributed by atoms with Crippen molar-refractivity contribution in [2.45, 2.75) is 64.8 Å². The highest BCUT2D eigenvalue weighted by Crippen LogP contribution is 2.35. The lowest BCUT2D eigenvalue weighted by Gasteiger charge is -2.39. The molecule has 1 aliphatic carbocycles. The van der Waals surface area contributed by atoms with Crippen molar-refractivity contribution in [3.63, 3.8) is 0 Å². The summed E-state index contributed by atoms with van der Waals surface area (Å²) in [7, 11) is 0. The third kappa shape index (κ3) is 3.40. The lowest BCUT2D eigenvalue weighted by Crippen LogP contribution is -2.45. The highest BCUT2D eigenvalue weighted by molar-refractivity contribution is 6.18. The van der Waals surface area contributed by atoms with Gasteiger partial charge in [-0.3, -0.25) is 0 Å². The molecule has 0 amide bonds. The second-order valence-electron chi connectivity index (χ2n) is 5.98. The molecule has 1 N–H and O–H groups in total. The Hall–Kier alpha value is -0.900. The van der Waals surface area contributed by atoms with E-state index < -0.39 is 0 Å². The van der Waals surface area contributed by atoms with E-state index in [0.29, 0.717) is 17.7 Å². The first-order chi connectivity index (χ1) is 9.62. The zero-order valence-electron chi connectivity index (χ0n) is 12.7. The molecule has 1 fully saturated rings. The monoisotopic (exact) mass is 296 g/mol. The van der Waals surface area contributed by atoms with E-state index in [4.69, 9.17) is 11.6 Å². The number of halogens is 1. The molecule has 0 aromatic carbocycles. The first-order valence-corrected chi connectivity index (χ1v) is 8.22. The summed E-state index contributed by atoms with van der Waals surface area (Å²) >= 11 is 6.25. The number of alkyl halides is 1. The molecule has 1 heterocycles. The van der Waals surface area contributed by atoms with Crippen molar-refractivity contribution >= 4 is 17.5 Å². The van der Waals surface area contributed by atoms with Crippen molar-refractivity contribution in [2.75, 3.05) is 11.2 Å². The molecular weight excluding hydrogens is 272 g/mol. The number of nitrogens with zero attached hydrogens (tertiary/aromatic N) is 3. The van der Waals surface area contributed by atoms with E-state index >= 15 is 0 Å². The van der Waals surface area contributed by atoms with Gasteiger partial charge in [0.05, 0.1) is 16.9 Å². The maximum absolute atomic E-state index is 6.25. The van der Waals surface area contributed by atoms with Crippen LogP contribution in [0.1, 0.15) is 57.8 Å². The molecule has 5 heteroatoms. The summed E-state index contributed by atoms with van der Waals surface area (Å²) in [5.74, 6) is 1.93. The molecular formula is C15H25ClN4. The number of aromatic nitrogens is 3. The highest BCUT2D eigenvalue weighted by Gasteiger charge is 2.35. The van der Waals surface area contributed by atoms with Gasteiger partial charge in [-0.1, -0.05) is 33.6 Å². The summed E-state index contributed by atoms with van der Waals surface area (Å²) in [4.78, 5) is 4.63. The maximum Gasteiger partial charge on any atom is 0.243 e. The van der Waals surface area contributed by atoms with Crippen LogP contribution >= 0.6 is 11.6 Å². The number of nitrogens with one attached hydrogen (secondary N) is 1. The number of hydrogen-bond donors (Lipinski definition) is 1. The SMILES string of the molecule is CCc1nnc(NC2(CCl)CCCC(C)C2)nc1CC. The lowest BCUT2D eigenvalue weighted by atomic mass is 9.77. The minimum atomic E-state index is -0.0698. The normalized spacial score (nSPS) is 26.5. The molecule has 4 nitrogen and oxygen atoms in total. The molecule has 20 heavy (non-hydrogen) atoms. The quantitative estimate of drug-likeness (QED) is 0.844. The minimum Gasteiger partial charge on any atom is -0.346 e. The van der Waals surface area contributed by atoms with Crippen molar-refractivity contribution in [3.8, 4) is 0 Å². The Labute approximate surface area is 126 Å². The van der Waals surface area contributed by atoms with E-state index in [1.54, 1.807) is 0 Å². The second kappa shape index (κ2) is 6.70. The number of anilines is 1. The van der Waals surface area contributed by atoms with Crippen LogP contribution < -0.4 is 5.32 Å². The van der Waals surface area contributed by atoms with Crippen molar-refractivity contribution in [2.24, 2.45) is 5.92 Å². The third-order valence-electron chi connectivity index (χ3n) is 4.23. The van der Waals surface area contributed by atoms with Crippen LogP contribution in [0.2, 0.25) is 0 Å². The Morgan fingerprint density at radius 1 is 1.25 bits per heavy atom. The molecule has 0 saturated heterocycles. The van der Waals surface area contributed by atoms with Crippen molar-refractivity contribution < 1.29 is 0 Å². The van der Waals surface area contributed by atoms with Crippen LogP contribution in [0.3, 0.4) is 0 Å². The first-order valence-electron chi connectivity index (χ1n) is 7.69. The predicted octanol–water partition coefficient (Wildman–Crippen LogP) is 3.60. The van der Waals surface area contributed by atoms with E-state index in [0.717, 1.165) is 37.1 Å². The molecule has 2 atom stereocenters. The first kappa shape index (κ1) is 15.5. The fourth-order valence-electron chi connectivity index (χ4n) is 3.16. The van der Waals surface area contributed by atoms with E-state index in [-0.39, 0.29) is 5.54 Å². The Morgan fingerprint density at radius 2 is 2.00 bits per heavy atom. The summed E-state index contributed by atoms with van der Waals surface area (Å²) in [5.41, 5.74) is 1.97. The molecule has 0 radical (unpaired) electrons. The van der Waals surface area contributed by atoms with Gasteiger partial charge in [0, 0.05) is 5.88 Å². The van der Waals surface area contributed by atoms with Gasteiger partial charge in [0.2, 0.25) is 5.95 Å². The predicted molar refractivity (Wildman–Crippen MR) is 83.3 cm³/mol. The minimum absolute atomic E-state index is 0.0698. The molecule has 1 aliphatic rings. The molecule has 2 unspecified atom stereocenters. The smallest absolute Gasteiger partial charge is 0.243 e. The average Bonchev–Trinajstić information content (AvgIpc) is 2.47. The summed E-state index contributed by atoms with van der Waals surface area (Å²) in [6.45, 7) is 6.48. The van der Waals surface area contributed by atoms with Crippen LogP contribution in [0.25, 0.3) is 0 Å². The van der Waals surface area contributed by atoms with Crippen molar-refractivity contribution in [1.29, 1.82) is 0 Å². The van der Waals surface area contributed by atoms with E-state index in [9.17, 15) is 0 Å². The van der Waals surface area contributed by atoms with Gasteiger partial charge in [0.1, 0.15) is 0 Å². The number of hydrogen-bond acceptors (Lipinski definition) is 4. The topological polar surface area (TPSA) is 50.7 Å². The lowest BCUT2D eigenvalue weighted by molar-refractivity contribution is 0.278. The van der Waals surface area contributed by atoms with Gasteiger partial charge in [-0.05, 0) is 31.6 Å². The van der Waals surface area contributed by atoms with E-state index in [2.05, 4.69) is 41.3 Å². The summed E-state index contributed by atoms with van der Waals surface area (Å²) < 4.78 is 0. The van der Waals surface area contributed by atoms with Gasteiger partial charge in [-0.2, -0.15) is 5.10 Å². The summed E-state index contributed by atoms with van der Waals surface area (Å²) in [6, 6.07) is 0. The molecule has 1 aromatic rings. The number of rotatable bonds is 5. The Bertz CT molecular complexity index is 451. The molecule has 1 aromatic heterocycles. The van der Waals surface area contributed by atoms with Crippen LogP contribution in [-0.4, -0.2) is 26.6 Å². The molecule has 1 saturated carbocycles. The summed E-state index contributed by atoms with van der Waals surface area (Å²) in [5, 5.41) is 12.0. The zero-order chi connectivity index (χ0) is 14.6. The highest BCUT2D eigenvalue weighted by atomic mass is 35.5. The Balaban J connectivity index is 2.19. The van der Waals surface area contributed by atoms with E-state index in [1.165, 1.54) is 12.8 Å². The van der Waals surface area contributed by atoms with Crippen molar-refractivity contribution in [1.82, 2.24) is 15.2 Å². The van der Waals surface area contributed by atoms with Crippen LogP contribution in [0.4, 0.5) is 5.95 Å². The standard InChI is InChI=1S/C15H25ClN4/c1-4-12-13(5-2)19-20-14(17-12)18-15(10-16)8-6-7-11(3)9-15/h11H,4-10H2,1-3H3,(H,17,18,20). The van der Waals surface area contributed by atoms with Gasteiger partial charge in [0.25, 0.3) is 0 Å². The van der Waals surface area contributed by atoms with E-state index in [1.807, 2.05) is 0 Å². The Kier molecular flexibility index (Phi) is 5.19. The molecule has 2 rings (SSSR count). The van der Waals surface area contributed by atoms with Crippen LogP contribution in [0, 0.1) is 5.92 Å². The molecule has 0 spiro atoms. The third-order valence-corrected chi connectivity index (χ3v) is 4.75. The van der Waals surface area contributed by atoms with Gasteiger partial charge in [-0.25, -0.2) is 4.98 Å². The van der Waals surface area contributed by atoms with Gasteiger partial charge >= 0.3 is 0 Å². The summed E-state index contributed by atoms with van der Waals surface area (Å²) in [6.07, 6.45) is 6.42. The Morgan fingerprint density at radius 3 is 2.60 bits per heavy atom. The fraction of sp³-hybridized carbons (Fsp3) is 0.800. The zero-order valence-corrected chi connectivity index (χ0v) is 13.5. The largest absolute Gasteiger partial charge is 0.346 e. The molecule has 0 bridgehead atoms. The average molecular weight is 297 g/mol. The second-order valence-corrected chi connectivity index (χ2v) is 6.24. The van der Waals surface area contributed by atoms with Crippen LogP contribution in [-0.2, 0) is 12.8 Å². The van der Waals surface area contributed by atoms with Crippen molar-refractivity contribution in [3.05, 3.63) is 11.4 Å². The molecule has 112 valence electrons. The fourth-order valence-corrected chi connectivity index (χ4v) is 3.47.